The summed E-state index contributed by atoms with van der Waals surface area (Å²) in [4.78, 5) is 11.4. The van der Waals surface area contributed by atoms with Crippen LogP contribution in [0.15, 0.2) is 53.4 Å². The van der Waals surface area contributed by atoms with E-state index < -0.39 is 26.0 Å². The number of anilines is 2. The van der Waals surface area contributed by atoms with Crippen LogP contribution >= 0.6 is 0 Å². The molecule has 3 rings (SSSR count). The molecule has 3 N–H and O–H groups in total. The average molecular weight is 409 g/mol. The lowest BCUT2D eigenvalue weighted by Gasteiger charge is -2.28. The molecule has 0 aliphatic carbocycles. The molecule has 1 amide bonds. The van der Waals surface area contributed by atoms with Crippen LogP contribution < -0.4 is 14.8 Å². The van der Waals surface area contributed by atoms with Gasteiger partial charge in [0.2, 0.25) is 10.0 Å². The van der Waals surface area contributed by atoms with Crippen molar-refractivity contribution in [3.63, 3.8) is 0 Å². The van der Waals surface area contributed by atoms with Crippen molar-refractivity contribution in [1.82, 2.24) is 0 Å². The first-order chi connectivity index (χ1) is 12.7. The molecule has 27 heavy (non-hydrogen) atoms. The maximum atomic E-state index is 12.6. The van der Waals surface area contributed by atoms with Crippen molar-refractivity contribution in [2.75, 3.05) is 21.3 Å². The molecule has 8 nitrogen and oxygen atoms in total. The molecule has 0 aromatic heterocycles. The molecular weight excluding hydrogens is 390 g/mol. The molecule has 10 heteroatoms. The van der Waals surface area contributed by atoms with E-state index >= 15 is 0 Å². The van der Waals surface area contributed by atoms with E-state index in [1.807, 2.05) is 0 Å². The van der Waals surface area contributed by atoms with Crippen molar-refractivity contribution < 1.29 is 21.6 Å². The van der Waals surface area contributed by atoms with Gasteiger partial charge in [0, 0.05) is 6.54 Å². The fourth-order valence-electron chi connectivity index (χ4n) is 2.86. The molecule has 0 unspecified atom stereocenters. The van der Waals surface area contributed by atoms with Gasteiger partial charge in [-0.25, -0.2) is 16.8 Å². The third-order valence-corrected chi connectivity index (χ3v) is 7.47. The molecule has 0 radical (unpaired) electrons. The predicted molar refractivity (Wildman–Crippen MR) is 103 cm³/mol. The molecule has 0 atom stereocenters. The van der Waals surface area contributed by atoms with Crippen LogP contribution in [0.3, 0.4) is 0 Å². The Balaban J connectivity index is 1.87. The van der Waals surface area contributed by atoms with E-state index in [0.29, 0.717) is 18.7 Å². The van der Waals surface area contributed by atoms with Gasteiger partial charge in [-0.3, -0.25) is 13.8 Å². The first-order valence-corrected chi connectivity index (χ1v) is 11.3. The van der Waals surface area contributed by atoms with Crippen molar-refractivity contribution in [2.45, 2.75) is 17.7 Å². The first kappa shape index (κ1) is 19.2. The number of hydrogen-bond acceptors (Lipinski definition) is 5. The third kappa shape index (κ3) is 4.06. The van der Waals surface area contributed by atoms with E-state index in [4.69, 9.17) is 5.73 Å². The number of primary amides is 1. The lowest BCUT2D eigenvalue weighted by Crippen LogP contribution is -2.37. The molecule has 0 saturated carbocycles. The summed E-state index contributed by atoms with van der Waals surface area (Å²) in [7, 11) is -7.34. The summed E-state index contributed by atoms with van der Waals surface area (Å²) in [5, 5.41) is 0. The number of benzene rings is 2. The maximum Gasteiger partial charge on any atom is 0.261 e. The van der Waals surface area contributed by atoms with Crippen LogP contribution in [0.5, 0.6) is 0 Å². The molecule has 144 valence electrons. The SMILES string of the molecule is NC(=O)c1ccccc1NS(=O)(=O)c1ccc(N2CCCCS2(=O)=O)cc1. The second-order valence-electron chi connectivity index (χ2n) is 6.10. The van der Waals surface area contributed by atoms with E-state index in [0.717, 1.165) is 6.42 Å². The summed E-state index contributed by atoms with van der Waals surface area (Å²) in [6.45, 7) is 0.374. The lowest BCUT2D eigenvalue weighted by atomic mass is 10.2. The largest absolute Gasteiger partial charge is 0.366 e. The summed E-state index contributed by atoms with van der Waals surface area (Å²) >= 11 is 0. The summed E-state index contributed by atoms with van der Waals surface area (Å²) < 4.78 is 53.1. The van der Waals surface area contributed by atoms with E-state index in [-0.39, 0.29) is 21.9 Å². The molecule has 1 aliphatic heterocycles. The van der Waals surface area contributed by atoms with E-state index in [9.17, 15) is 21.6 Å². The Morgan fingerprint density at radius 1 is 1.04 bits per heavy atom. The number of nitrogens with two attached hydrogens (primary N) is 1. The van der Waals surface area contributed by atoms with Crippen LogP contribution in [0, 0.1) is 0 Å². The normalized spacial score (nSPS) is 16.7. The number of amides is 1. The predicted octanol–water partition coefficient (Wildman–Crippen LogP) is 1.52. The van der Waals surface area contributed by atoms with Crippen molar-refractivity contribution >= 4 is 37.3 Å². The second kappa shape index (κ2) is 7.20. The number of para-hydroxylation sites is 1. The molecular formula is C17H19N3O5S2. The van der Waals surface area contributed by atoms with Gasteiger partial charge in [-0.15, -0.1) is 0 Å². The highest BCUT2D eigenvalue weighted by atomic mass is 32.2. The monoisotopic (exact) mass is 409 g/mol. The van der Waals surface area contributed by atoms with Gasteiger partial charge in [0.15, 0.2) is 0 Å². The summed E-state index contributed by atoms with van der Waals surface area (Å²) in [5.41, 5.74) is 5.82. The zero-order valence-electron chi connectivity index (χ0n) is 14.3. The van der Waals surface area contributed by atoms with Crippen LogP contribution in [0.1, 0.15) is 23.2 Å². The molecule has 1 saturated heterocycles. The number of carbonyl (C=O) groups excluding carboxylic acids is 1. The summed E-state index contributed by atoms with van der Waals surface area (Å²) in [6, 6.07) is 11.6. The first-order valence-electron chi connectivity index (χ1n) is 8.23. The summed E-state index contributed by atoms with van der Waals surface area (Å²) in [5.74, 6) is -0.669. The Kier molecular flexibility index (Phi) is 5.11. The Labute approximate surface area is 158 Å². The van der Waals surface area contributed by atoms with E-state index in [1.54, 1.807) is 12.1 Å². The zero-order valence-corrected chi connectivity index (χ0v) is 16.0. The van der Waals surface area contributed by atoms with Gasteiger partial charge >= 0.3 is 0 Å². The Bertz CT molecular complexity index is 1060. The number of nitrogens with zero attached hydrogens (tertiary/aromatic N) is 1. The van der Waals surface area contributed by atoms with Crippen LogP contribution in [0.2, 0.25) is 0 Å². The molecule has 0 spiro atoms. The Morgan fingerprint density at radius 2 is 1.70 bits per heavy atom. The summed E-state index contributed by atoms with van der Waals surface area (Å²) in [6.07, 6.45) is 1.37. The lowest BCUT2D eigenvalue weighted by molar-refractivity contribution is 0.100. The minimum Gasteiger partial charge on any atom is -0.366 e. The smallest absolute Gasteiger partial charge is 0.261 e. The van der Waals surface area contributed by atoms with Gasteiger partial charge in [0.05, 0.1) is 27.6 Å². The zero-order chi connectivity index (χ0) is 19.7. The number of hydrogen-bond donors (Lipinski definition) is 2. The van der Waals surface area contributed by atoms with Crippen LogP contribution in [0.25, 0.3) is 0 Å². The topological polar surface area (TPSA) is 127 Å². The molecule has 2 aromatic rings. The second-order valence-corrected chi connectivity index (χ2v) is 9.80. The van der Waals surface area contributed by atoms with Crippen molar-refractivity contribution in [3.05, 3.63) is 54.1 Å². The van der Waals surface area contributed by atoms with Crippen molar-refractivity contribution in [1.29, 1.82) is 0 Å². The number of carbonyl (C=O) groups is 1. The van der Waals surface area contributed by atoms with Crippen molar-refractivity contribution in [2.24, 2.45) is 5.73 Å². The average Bonchev–Trinajstić information content (AvgIpc) is 2.61. The quantitative estimate of drug-likeness (QED) is 0.774. The van der Waals surface area contributed by atoms with Gasteiger partial charge in [-0.2, -0.15) is 0 Å². The van der Waals surface area contributed by atoms with Crippen LogP contribution in [0.4, 0.5) is 11.4 Å². The van der Waals surface area contributed by atoms with E-state index in [1.165, 1.54) is 40.7 Å². The van der Waals surface area contributed by atoms with Gasteiger partial charge < -0.3 is 5.73 Å². The third-order valence-electron chi connectivity index (χ3n) is 4.22. The molecule has 1 fully saturated rings. The van der Waals surface area contributed by atoms with Gasteiger partial charge in [0.25, 0.3) is 15.9 Å². The number of sulfonamides is 2. The van der Waals surface area contributed by atoms with Crippen LogP contribution in [-0.4, -0.2) is 35.0 Å². The highest BCUT2D eigenvalue weighted by molar-refractivity contribution is 7.93. The van der Waals surface area contributed by atoms with Crippen LogP contribution in [-0.2, 0) is 20.0 Å². The standard InChI is InChI=1S/C17H19N3O5S2/c18-17(21)15-5-1-2-6-16(15)19-27(24,25)14-9-7-13(8-10-14)20-11-3-4-12-26(20,22)23/h1-2,5-10,19H,3-4,11-12H2,(H2,18,21). The Hall–Kier alpha value is -2.59. The molecule has 1 aliphatic rings. The van der Waals surface area contributed by atoms with Crippen molar-refractivity contribution in [3.8, 4) is 0 Å². The fraction of sp³-hybridized carbons (Fsp3) is 0.235. The van der Waals surface area contributed by atoms with Gasteiger partial charge in [-0.1, -0.05) is 12.1 Å². The molecule has 2 aromatic carbocycles. The number of nitrogens with one attached hydrogen (secondary N) is 1. The van der Waals surface area contributed by atoms with Gasteiger partial charge in [-0.05, 0) is 49.2 Å². The van der Waals surface area contributed by atoms with E-state index in [2.05, 4.69) is 4.72 Å². The number of rotatable bonds is 5. The minimum absolute atomic E-state index is 0.0529. The molecule has 0 bridgehead atoms. The maximum absolute atomic E-state index is 12.6. The minimum atomic E-state index is -3.97. The fourth-order valence-corrected chi connectivity index (χ4v) is 5.58. The highest BCUT2D eigenvalue weighted by Gasteiger charge is 2.26. The Morgan fingerprint density at radius 3 is 2.33 bits per heavy atom. The molecule has 1 heterocycles. The van der Waals surface area contributed by atoms with Gasteiger partial charge in [0.1, 0.15) is 0 Å². The highest BCUT2D eigenvalue weighted by Crippen LogP contribution is 2.26.